The summed E-state index contributed by atoms with van der Waals surface area (Å²) in [5, 5.41) is 7.88. The van der Waals surface area contributed by atoms with Gasteiger partial charge in [0.05, 0.1) is 23.3 Å². The van der Waals surface area contributed by atoms with Crippen molar-refractivity contribution in [3.8, 4) is 5.69 Å². The zero-order chi connectivity index (χ0) is 13.8. The van der Waals surface area contributed by atoms with E-state index in [2.05, 4.69) is 43.3 Å². The molecule has 0 amide bonds. The molecule has 4 heteroatoms. The van der Waals surface area contributed by atoms with E-state index in [4.69, 9.17) is 5.73 Å². The van der Waals surface area contributed by atoms with Gasteiger partial charge in [-0.3, -0.25) is 0 Å². The van der Waals surface area contributed by atoms with E-state index in [1.54, 1.807) is 0 Å². The SMILES string of the molecule is Cc1ccccc1-n1ncc(NCCN)c1C(C)C. The Kier molecular flexibility index (Phi) is 4.22. The highest BCUT2D eigenvalue weighted by atomic mass is 15.3. The molecule has 3 N–H and O–H groups in total. The van der Waals surface area contributed by atoms with Crippen LogP contribution in [0.2, 0.25) is 0 Å². The number of nitrogens with two attached hydrogens (primary N) is 1. The lowest BCUT2D eigenvalue weighted by molar-refractivity contribution is 0.732. The first-order valence-electron chi connectivity index (χ1n) is 6.73. The molecule has 0 unspecified atom stereocenters. The molecule has 19 heavy (non-hydrogen) atoms. The summed E-state index contributed by atoms with van der Waals surface area (Å²) in [7, 11) is 0. The van der Waals surface area contributed by atoms with E-state index in [9.17, 15) is 0 Å². The number of benzene rings is 1. The summed E-state index contributed by atoms with van der Waals surface area (Å²) >= 11 is 0. The molecule has 1 heterocycles. The molecule has 2 rings (SSSR count). The molecule has 0 radical (unpaired) electrons. The molecule has 4 nitrogen and oxygen atoms in total. The largest absolute Gasteiger partial charge is 0.381 e. The molecule has 0 aliphatic carbocycles. The number of aryl methyl sites for hydroxylation is 1. The number of nitrogens with one attached hydrogen (secondary N) is 1. The number of hydrogen-bond acceptors (Lipinski definition) is 3. The van der Waals surface area contributed by atoms with E-state index in [0.29, 0.717) is 12.5 Å². The molecule has 1 aromatic carbocycles. The first-order chi connectivity index (χ1) is 9.15. The van der Waals surface area contributed by atoms with Crippen LogP contribution in [0.5, 0.6) is 0 Å². The van der Waals surface area contributed by atoms with E-state index >= 15 is 0 Å². The van der Waals surface area contributed by atoms with Crippen LogP contribution < -0.4 is 11.1 Å². The molecular weight excluding hydrogens is 236 g/mol. The fourth-order valence-corrected chi connectivity index (χ4v) is 2.25. The Morgan fingerprint density at radius 3 is 2.68 bits per heavy atom. The van der Waals surface area contributed by atoms with Gasteiger partial charge in [0, 0.05) is 13.1 Å². The van der Waals surface area contributed by atoms with Gasteiger partial charge in [0.15, 0.2) is 0 Å². The summed E-state index contributed by atoms with van der Waals surface area (Å²) in [5.74, 6) is 0.391. The van der Waals surface area contributed by atoms with Crippen molar-refractivity contribution in [3.63, 3.8) is 0 Å². The zero-order valence-corrected chi connectivity index (χ0v) is 11.9. The highest BCUT2D eigenvalue weighted by Crippen LogP contribution is 2.27. The Morgan fingerprint density at radius 2 is 2.05 bits per heavy atom. The normalized spacial score (nSPS) is 11.0. The molecule has 0 atom stereocenters. The van der Waals surface area contributed by atoms with Crippen LogP contribution in [-0.4, -0.2) is 22.9 Å². The zero-order valence-electron chi connectivity index (χ0n) is 11.9. The maximum atomic E-state index is 5.55. The quantitative estimate of drug-likeness (QED) is 0.867. The topological polar surface area (TPSA) is 55.9 Å². The van der Waals surface area contributed by atoms with Crippen LogP contribution in [-0.2, 0) is 0 Å². The Morgan fingerprint density at radius 1 is 1.32 bits per heavy atom. The van der Waals surface area contributed by atoms with Crippen LogP contribution in [0.1, 0.15) is 31.0 Å². The summed E-state index contributed by atoms with van der Waals surface area (Å²) < 4.78 is 2.03. The lowest BCUT2D eigenvalue weighted by Gasteiger charge is -2.15. The van der Waals surface area contributed by atoms with E-state index in [1.165, 1.54) is 11.3 Å². The van der Waals surface area contributed by atoms with Gasteiger partial charge in [0.1, 0.15) is 0 Å². The molecule has 0 saturated heterocycles. The minimum absolute atomic E-state index is 0.391. The lowest BCUT2D eigenvalue weighted by Crippen LogP contribution is -2.14. The minimum atomic E-state index is 0.391. The third kappa shape index (κ3) is 2.79. The van der Waals surface area contributed by atoms with Crippen molar-refractivity contribution < 1.29 is 0 Å². The summed E-state index contributed by atoms with van der Waals surface area (Å²) in [6.45, 7) is 7.85. The molecule has 102 valence electrons. The highest BCUT2D eigenvalue weighted by molar-refractivity contribution is 5.53. The van der Waals surface area contributed by atoms with Crippen molar-refractivity contribution >= 4 is 5.69 Å². The Balaban J connectivity index is 2.46. The van der Waals surface area contributed by atoms with Gasteiger partial charge < -0.3 is 11.1 Å². The van der Waals surface area contributed by atoms with E-state index in [-0.39, 0.29) is 0 Å². The summed E-state index contributed by atoms with van der Waals surface area (Å²) in [6.07, 6.45) is 1.89. The average Bonchev–Trinajstić information content (AvgIpc) is 2.80. The van der Waals surface area contributed by atoms with Crippen LogP contribution >= 0.6 is 0 Å². The van der Waals surface area contributed by atoms with Crippen molar-refractivity contribution in [2.24, 2.45) is 5.73 Å². The smallest absolute Gasteiger partial charge is 0.0767 e. The van der Waals surface area contributed by atoms with Crippen LogP contribution in [0.4, 0.5) is 5.69 Å². The highest BCUT2D eigenvalue weighted by Gasteiger charge is 2.16. The molecule has 0 spiro atoms. The summed E-state index contributed by atoms with van der Waals surface area (Å²) in [4.78, 5) is 0. The first kappa shape index (κ1) is 13.6. The molecule has 0 fully saturated rings. The predicted molar refractivity (Wildman–Crippen MR) is 79.9 cm³/mol. The van der Waals surface area contributed by atoms with Crippen molar-refractivity contribution in [2.45, 2.75) is 26.7 Å². The van der Waals surface area contributed by atoms with Crippen LogP contribution in [0.25, 0.3) is 5.69 Å². The Labute approximate surface area is 114 Å². The fraction of sp³-hybridized carbons (Fsp3) is 0.400. The van der Waals surface area contributed by atoms with E-state index in [0.717, 1.165) is 17.9 Å². The number of hydrogen-bond donors (Lipinski definition) is 2. The number of para-hydroxylation sites is 1. The van der Waals surface area contributed by atoms with Crippen molar-refractivity contribution in [2.75, 3.05) is 18.4 Å². The molecule has 0 aliphatic heterocycles. The van der Waals surface area contributed by atoms with E-state index in [1.807, 2.05) is 23.0 Å². The summed E-state index contributed by atoms with van der Waals surface area (Å²) in [5.41, 5.74) is 10.2. The van der Waals surface area contributed by atoms with Gasteiger partial charge in [0.2, 0.25) is 0 Å². The maximum Gasteiger partial charge on any atom is 0.0767 e. The van der Waals surface area contributed by atoms with Gasteiger partial charge in [-0.15, -0.1) is 0 Å². The Bertz CT molecular complexity index is 543. The maximum absolute atomic E-state index is 5.55. The van der Waals surface area contributed by atoms with Gasteiger partial charge in [-0.1, -0.05) is 32.0 Å². The van der Waals surface area contributed by atoms with Gasteiger partial charge in [-0.2, -0.15) is 5.10 Å². The number of aromatic nitrogens is 2. The second-order valence-corrected chi connectivity index (χ2v) is 5.01. The van der Waals surface area contributed by atoms with E-state index < -0.39 is 0 Å². The first-order valence-corrected chi connectivity index (χ1v) is 6.73. The second kappa shape index (κ2) is 5.89. The third-order valence-electron chi connectivity index (χ3n) is 3.16. The molecule has 1 aromatic heterocycles. The minimum Gasteiger partial charge on any atom is -0.381 e. The number of rotatable bonds is 5. The van der Waals surface area contributed by atoms with Gasteiger partial charge in [-0.05, 0) is 24.5 Å². The second-order valence-electron chi connectivity index (χ2n) is 5.01. The van der Waals surface area contributed by atoms with Crippen LogP contribution in [0.3, 0.4) is 0 Å². The molecular formula is C15H22N4. The average molecular weight is 258 g/mol. The summed E-state index contributed by atoms with van der Waals surface area (Å²) in [6, 6.07) is 8.29. The van der Waals surface area contributed by atoms with Crippen molar-refractivity contribution in [1.29, 1.82) is 0 Å². The van der Waals surface area contributed by atoms with Crippen molar-refractivity contribution in [3.05, 3.63) is 41.7 Å². The van der Waals surface area contributed by atoms with Gasteiger partial charge in [-0.25, -0.2) is 4.68 Å². The third-order valence-corrected chi connectivity index (χ3v) is 3.16. The van der Waals surface area contributed by atoms with Gasteiger partial charge in [0.25, 0.3) is 0 Å². The van der Waals surface area contributed by atoms with Crippen molar-refractivity contribution in [1.82, 2.24) is 9.78 Å². The number of nitrogens with zero attached hydrogens (tertiary/aromatic N) is 2. The van der Waals surface area contributed by atoms with Crippen LogP contribution in [0.15, 0.2) is 30.5 Å². The lowest BCUT2D eigenvalue weighted by atomic mass is 10.1. The van der Waals surface area contributed by atoms with Gasteiger partial charge >= 0.3 is 0 Å². The fourth-order valence-electron chi connectivity index (χ4n) is 2.25. The standard InChI is InChI=1S/C15H22N4/c1-11(2)15-13(17-9-8-16)10-18-19(15)14-7-5-4-6-12(14)3/h4-7,10-11,17H,8-9,16H2,1-3H3. The monoisotopic (exact) mass is 258 g/mol. The predicted octanol–water partition coefficient (Wildman–Crippen LogP) is 2.67. The molecule has 0 saturated carbocycles. The molecule has 2 aromatic rings. The molecule has 0 bridgehead atoms. The molecule has 0 aliphatic rings. The Hall–Kier alpha value is -1.81. The number of anilines is 1. The van der Waals surface area contributed by atoms with Crippen LogP contribution in [0, 0.1) is 6.92 Å².